The van der Waals surface area contributed by atoms with Crippen molar-refractivity contribution < 1.29 is 0 Å². The van der Waals surface area contributed by atoms with Crippen LogP contribution in [-0.2, 0) is 6.42 Å². The molecule has 0 aliphatic heterocycles. The van der Waals surface area contributed by atoms with Gasteiger partial charge in [-0.2, -0.15) is 4.98 Å². The first-order chi connectivity index (χ1) is 9.74. The predicted octanol–water partition coefficient (Wildman–Crippen LogP) is 4.26. The van der Waals surface area contributed by atoms with E-state index in [9.17, 15) is 0 Å². The maximum atomic E-state index is 6.16. The third kappa shape index (κ3) is 3.61. The SMILES string of the molecule is CCCc1ccccc1Nc1nc(NCC)ncc1Cl. The number of nitrogens with one attached hydrogen (secondary N) is 2. The van der Waals surface area contributed by atoms with Crippen LogP contribution < -0.4 is 10.6 Å². The molecule has 0 aliphatic carbocycles. The molecule has 2 N–H and O–H groups in total. The lowest BCUT2D eigenvalue weighted by molar-refractivity contribution is 0.923. The Morgan fingerprint density at radius 1 is 1.20 bits per heavy atom. The molecule has 1 aromatic heterocycles. The largest absolute Gasteiger partial charge is 0.354 e. The molecular formula is C15H19ClN4. The molecule has 2 rings (SSSR count). The number of hydrogen-bond donors (Lipinski definition) is 2. The lowest BCUT2D eigenvalue weighted by atomic mass is 10.1. The van der Waals surface area contributed by atoms with E-state index in [1.807, 2.05) is 25.1 Å². The Balaban J connectivity index is 2.27. The second-order valence-electron chi connectivity index (χ2n) is 4.45. The summed E-state index contributed by atoms with van der Waals surface area (Å²) in [5.74, 6) is 1.20. The molecule has 1 heterocycles. The van der Waals surface area contributed by atoms with Crippen molar-refractivity contribution in [3.63, 3.8) is 0 Å². The van der Waals surface area contributed by atoms with Gasteiger partial charge in [0.1, 0.15) is 5.02 Å². The van der Waals surface area contributed by atoms with Gasteiger partial charge in [0.25, 0.3) is 0 Å². The van der Waals surface area contributed by atoms with E-state index in [0.717, 1.165) is 25.1 Å². The highest BCUT2D eigenvalue weighted by Gasteiger charge is 2.07. The van der Waals surface area contributed by atoms with Crippen LogP contribution in [0.15, 0.2) is 30.5 Å². The molecule has 0 saturated heterocycles. The minimum atomic E-state index is 0.512. The van der Waals surface area contributed by atoms with Gasteiger partial charge in [-0.3, -0.25) is 0 Å². The normalized spacial score (nSPS) is 10.3. The van der Waals surface area contributed by atoms with Crippen molar-refractivity contribution >= 4 is 29.1 Å². The van der Waals surface area contributed by atoms with Crippen LogP contribution >= 0.6 is 11.6 Å². The number of aromatic nitrogens is 2. The molecule has 5 heteroatoms. The summed E-state index contributed by atoms with van der Waals surface area (Å²) in [6.45, 7) is 4.94. The molecule has 4 nitrogen and oxygen atoms in total. The number of rotatable bonds is 6. The highest BCUT2D eigenvalue weighted by Crippen LogP contribution is 2.26. The van der Waals surface area contributed by atoms with Crippen LogP contribution in [0.5, 0.6) is 0 Å². The monoisotopic (exact) mass is 290 g/mol. The van der Waals surface area contributed by atoms with E-state index in [4.69, 9.17) is 11.6 Å². The number of benzene rings is 1. The van der Waals surface area contributed by atoms with E-state index >= 15 is 0 Å². The van der Waals surface area contributed by atoms with Gasteiger partial charge in [-0.05, 0) is 25.0 Å². The number of halogens is 1. The van der Waals surface area contributed by atoms with Gasteiger partial charge in [0.2, 0.25) is 5.95 Å². The third-order valence-corrected chi connectivity index (χ3v) is 3.15. The van der Waals surface area contributed by atoms with Gasteiger partial charge in [0, 0.05) is 12.2 Å². The molecule has 106 valence electrons. The van der Waals surface area contributed by atoms with Crippen LogP contribution in [0.2, 0.25) is 5.02 Å². The Bertz CT molecular complexity index is 572. The van der Waals surface area contributed by atoms with Crippen LogP contribution in [0.4, 0.5) is 17.5 Å². The fourth-order valence-corrected chi connectivity index (χ4v) is 2.09. The molecule has 0 saturated carbocycles. The average Bonchev–Trinajstić information content (AvgIpc) is 2.45. The van der Waals surface area contributed by atoms with E-state index in [-0.39, 0.29) is 0 Å². The van der Waals surface area contributed by atoms with Crippen molar-refractivity contribution in [2.75, 3.05) is 17.2 Å². The molecule has 2 aromatic rings. The van der Waals surface area contributed by atoms with Gasteiger partial charge in [-0.25, -0.2) is 4.98 Å². The maximum Gasteiger partial charge on any atom is 0.224 e. The smallest absolute Gasteiger partial charge is 0.224 e. The number of nitrogens with zero attached hydrogens (tertiary/aromatic N) is 2. The topological polar surface area (TPSA) is 49.8 Å². The van der Waals surface area contributed by atoms with Crippen molar-refractivity contribution in [3.8, 4) is 0 Å². The fourth-order valence-electron chi connectivity index (χ4n) is 1.96. The molecular weight excluding hydrogens is 272 g/mol. The molecule has 0 bridgehead atoms. The zero-order valence-electron chi connectivity index (χ0n) is 11.8. The first-order valence-corrected chi connectivity index (χ1v) is 7.23. The molecule has 1 aromatic carbocycles. The third-order valence-electron chi connectivity index (χ3n) is 2.87. The van der Waals surface area contributed by atoms with E-state index in [1.165, 1.54) is 5.56 Å². The van der Waals surface area contributed by atoms with Crippen LogP contribution in [0.1, 0.15) is 25.8 Å². The van der Waals surface area contributed by atoms with Crippen LogP contribution in [-0.4, -0.2) is 16.5 Å². The lowest BCUT2D eigenvalue weighted by Crippen LogP contribution is -2.05. The van der Waals surface area contributed by atoms with Crippen LogP contribution in [0, 0.1) is 0 Å². The summed E-state index contributed by atoms with van der Waals surface area (Å²) in [5.41, 5.74) is 2.30. The Morgan fingerprint density at radius 3 is 2.75 bits per heavy atom. The Morgan fingerprint density at radius 2 is 2.00 bits per heavy atom. The molecule has 0 atom stereocenters. The minimum absolute atomic E-state index is 0.512. The standard InChI is InChI=1S/C15H19ClN4/c1-3-7-11-8-5-6-9-13(11)19-14-12(16)10-18-15(20-14)17-4-2/h5-6,8-10H,3-4,7H2,1-2H3,(H2,17,18,19,20). The Hall–Kier alpha value is -1.81. The fraction of sp³-hybridized carbons (Fsp3) is 0.333. The molecule has 0 fully saturated rings. The van der Waals surface area contributed by atoms with Gasteiger partial charge < -0.3 is 10.6 Å². The second-order valence-corrected chi connectivity index (χ2v) is 4.86. The molecule has 0 unspecified atom stereocenters. The van der Waals surface area contributed by atoms with E-state index in [2.05, 4.69) is 33.6 Å². The number of para-hydroxylation sites is 1. The Kier molecular flexibility index (Phi) is 5.18. The van der Waals surface area contributed by atoms with Crippen molar-refractivity contribution in [1.29, 1.82) is 0 Å². The summed E-state index contributed by atoms with van der Waals surface area (Å²) in [6.07, 6.45) is 3.72. The number of hydrogen-bond acceptors (Lipinski definition) is 4. The summed E-state index contributed by atoms with van der Waals surface area (Å²) in [6, 6.07) is 8.20. The first-order valence-electron chi connectivity index (χ1n) is 6.86. The van der Waals surface area contributed by atoms with Crippen molar-refractivity contribution in [2.24, 2.45) is 0 Å². The zero-order valence-corrected chi connectivity index (χ0v) is 12.5. The molecule has 20 heavy (non-hydrogen) atoms. The summed E-state index contributed by atoms with van der Waals surface area (Å²) in [5, 5.41) is 6.89. The van der Waals surface area contributed by atoms with E-state index in [1.54, 1.807) is 6.20 Å². The lowest BCUT2D eigenvalue weighted by Gasteiger charge is -2.12. The predicted molar refractivity (Wildman–Crippen MR) is 84.9 cm³/mol. The highest BCUT2D eigenvalue weighted by molar-refractivity contribution is 6.32. The van der Waals surface area contributed by atoms with Gasteiger partial charge in [0.15, 0.2) is 5.82 Å². The zero-order chi connectivity index (χ0) is 14.4. The van der Waals surface area contributed by atoms with Crippen LogP contribution in [0.25, 0.3) is 0 Å². The summed E-state index contributed by atoms with van der Waals surface area (Å²) >= 11 is 6.16. The van der Waals surface area contributed by atoms with Crippen LogP contribution in [0.3, 0.4) is 0 Å². The summed E-state index contributed by atoms with van der Waals surface area (Å²) in [7, 11) is 0. The average molecular weight is 291 g/mol. The number of aryl methyl sites for hydroxylation is 1. The van der Waals surface area contributed by atoms with Crippen molar-refractivity contribution in [3.05, 3.63) is 41.0 Å². The van der Waals surface area contributed by atoms with E-state index in [0.29, 0.717) is 16.8 Å². The van der Waals surface area contributed by atoms with Gasteiger partial charge >= 0.3 is 0 Å². The second kappa shape index (κ2) is 7.10. The van der Waals surface area contributed by atoms with Gasteiger partial charge in [-0.1, -0.05) is 43.1 Å². The van der Waals surface area contributed by atoms with Crippen molar-refractivity contribution in [1.82, 2.24) is 9.97 Å². The molecule has 0 radical (unpaired) electrons. The maximum absolute atomic E-state index is 6.16. The first kappa shape index (κ1) is 14.6. The van der Waals surface area contributed by atoms with E-state index < -0.39 is 0 Å². The summed E-state index contributed by atoms with van der Waals surface area (Å²) in [4.78, 5) is 8.53. The Labute approximate surface area is 124 Å². The highest BCUT2D eigenvalue weighted by atomic mass is 35.5. The van der Waals surface area contributed by atoms with Crippen molar-refractivity contribution in [2.45, 2.75) is 26.7 Å². The summed E-state index contributed by atoms with van der Waals surface area (Å²) < 4.78 is 0. The number of anilines is 3. The molecule has 0 aliphatic rings. The molecule has 0 amide bonds. The molecule has 0 spiro atoms. The van der Waals surface area contributed by atoms with Gasteiger partial charge in [0.05, 0.1) is 6.20 Å². The van der Waals surface area contributed by atoms with Gasteiger partial charge in [-0.15, -0.1) is 0 Å². The minimum Gasteiger partial charge on any atom is -0.354 e. The quantitative estimate of drug-likeness (QED) is 0.835.